The fourth-order valence-corrected chi connectivity index (χ4v) is 3.06. The fraction of sp³-hybridized carbons (Fsp3) is 0.600. The van der Waals surface area contributed by atoms with E-state index in [0.717, 1.165) is 38.8 Å². The molecule has 0 unspecified atom stereocenters. The van der Waals surface area contributed by atoms with E-state index in [0.29, 0.717) is 17.4 Å². The Balaban J connectivity index is 1.57. The molecule has 1 N–H and O–H groups in total. The van der Waals surface area contributed by atoms with Crippen LogP contribution < -0.4 is 10.1 Å². The van der Waals surface area contributed by atoms with E-state index < -0.39 is 0 Å². The predicted octanol–water partition coefficient (Wildman–Crippen LogP) is 1.86. The number of nitrogens with one attached hydrogen (secondary N) is 1. The summed E-state index contributed by atoms with van der Waals surface area (Å²) < 4.78 is 5.87. The molecule has 0 aliphatic carbocycles. The zero-order valence-corrected chi connectivity index (χ0v) is 12.7. The van der Waals surface area contributed by atoms with Crippen molar-refractivity contribution >= 4 is 17.5 Å². The lowest BCUT2D eigenvalue weighted by Crippen LogP contribution is -2.50. The zero-order chi connectivity index (χ0) is 14.7. The molecule has 5 nitrogen and oxygen atoms in total. The summed E-state index contributed by atoms with van der Waals surface area (Å²) in [5, 5.41) is 3.86. The average molecular weight is 310 g/mol. The second kappa shape index (κ2) is 6.62. The number of hydrogen-bond donors (Lipinski definition) is 1. The van der Waals surface area contributed by atoms with Crippen LogP contribution in [0.4, 0.5) is 0 Å². The van der Waals surface area contributed by atoms with Gasteiger partial charge in [0.05, 0.1) is 17.6 Å². The maximum absolute atomic E-state index is 12.4. The third-order valence-electron chi connectivity index (χ3n) is 4.04. The van der Waals surface area contributed by atoms with Crippen molar-refractivity contribution in [2.24, 2.45) is 0 Å². The number of likely N-dealkylation sites (tertiary alicyclic amines) is 1. The largest absolute Gasteiger partial charge is 0.472 e. The number of pyridine rings is 1. The van der Waals surface area contributed by atoms with Gasteiger partial charge in [-0.3, -0.25) is 4.79 Å². The van der Waals surface area contributed by atoms with Crippen molar-refractivity contribution in [3.63, 3.8) is 0 Å². The molecule has 21 heavy (non-hydrogen) atoms. The quantitative estimate of drug-likeness (QED) is 0.926. The number of carbonyl (C=O) groups excluding carboxylic acids is 1. The number of hydrogen-bond acceptors (Lipinski definition) is 4. The summed E-state index contributed by atoms with van der Waals surface area (Å²) in [6, 6.07) is 3.53. The van der Waals surface area contributed by atoms with Gasteiger partial charge in [0, 0.05) is 18.8 Å². The molecule has 2 aliphatic rings. The van der Waals surface area contributed by atoms with Crippen LogP contribution in [0.1, 0.15) is 25.7 Å². The number of nitrogens with zero attached hydrogens (tertiary/aromatic N) is 2. The topological polar surface area (TPSA) is 54.5 Å². The Hall–Kier alpha value is -1.33. The lowest BCUT2D eigenvalue weighted by atomic mass is 10.1. The van der Waals surface area contributed by atoms with Gasteiger partial charge >= 0.3 is 0 Å². The average Bonchev–Trinajstić information content (AvgIpc) is 3.03. The Morgan fingerprint density at radius 3 is 3.00 bits per heavy atom. The normalized spacial score (nSPS) is 25.9. The molecule has 3 heterocycles. The summed E-state index contributed by atoms with van der Waals surface area (Å²) in [5.41, 5.74) is 0. The van der Waals surface area contributed by atoms with Crippen LogP contribution in [0, 0.1) is 0 Å². The van der Waals surface area contributed by atoms with Crippen molar-refractivity contribution in [3.8, 4) is 5.88 Å². The maximum Gasteiger partial charge on any atom is 0.239 e. The van der Waals surface area contributed by atoms with E-state index in [1.807, 2.05) is 4.90 Å². The minimum absolute atomic E-state index is 0.00240. The lowest BCUT2D eigenvalue weighted by molar-refractivity contribution is -0.135. The number of amides is 1. The summed E-state index contributed by atoms with van der Waals surface area (Å²) in [5.74, 6) is 0.780. The van der Waals surface area contributed by atoms with E-state index >= 15 is 0 Å². The molecular weight excluding hydrogens is 290 g/mol. The van der Waals surface area contributed by atoms with E-state index in [9.17, 15) is 4.79 Å². The van der Waals surface area contributed by atoms with Crippen LogP contribution in [-0.2, 0) is 4.79 Å². The Labute approximate surface area is 129 Å². The monoisotopic (exact) mass is 309 g/mol. The second-order valence-corrected chi connectivity index (χ2v) is 6.07. The number of aromatic nitrogens is 1. The molecular formula is C15H20ClN3O2. The number of ether oxygens (including phenoxy) is 1. The molecule has 1 amide bonds. The molecule has 0 radical (unpaired) electrons. The van der Waals surface area contributed by atoms with Crippen LogP contribution >= 0.6 is 11.6 Å². The first-order chi connectivity index (χ1) is 10.2. The van der Waals surface area contributed by atoms with E-state index in [1.165, 1.54) is 0 Å². The molecule has 0 aromatic carbocycles. The van der Waals surface area contributed by atoms with Crippen molar-refractivity contribution in [2.45, 2.75) is 37.8 Å². The molecule has 6 heteroatoms. The minimum atomic E-state index is -0.00240. The molecule has 2 fully saturated rings. The summed E-state index contributed by atoms with van der Waals surface area (Å²) in [7, 11) is 0. The lowest BCUT2D eigenvalue weighted by Gasteiger charge is -2.34. The highest BCUT2D eigenvalue weighted by molar-refractivity contribution is 6.30. The van der Waals surface area contributed by atoms with Crippen molar-refractivity contribution in [3.05, 3.63) is 23.4 Å². The Kier molecular flexibility index (Phi) is 4.60. The summed E-state index contributed by atoms with van der Waals surface area (Å²) >= 11 is 5.81. The molecule has 0 bridgehead atoms. The van der Waals surface area contributed by atoms with Gasteiger partial charge in [-0.05, 0) is 38.3 Å². The van der Waals surface area contributed by atoms with Crippen LogP contribution in [0.3, 0.4) is 0 Å². The summed E-state index contributed by atoms with van der Waals surface area (Å²) in [6.45, 7) is 2.41. The van der Waals surface area contributed by atoms with Crippen LogP contribution in [0.25, 0.3) is 0 Å². The second-order valence-electron chi connectivity index (χ2n) is 5.63. The Morgan fingerprint density at radius 2 is 2.29 bits per heavy atom. The third kappa shape index (κ3) is 3.66. The SMILES string of the molecule is O=C([C@H]1CCCN1)N1CCC[C@@H](Oc2ccc(Cl)cn2)C1. The molecule has 2 atom stereocenters. The van der Waals surface area contributed by atoms with Gasteiger partial charge in [0.2, 0.25) is 11.8 Å². The minimum Gasteiger partial charge on any atom is -0.472 e. The summed E-state index contributed by atoms with van der Waals surface area (Å²) in [6.07, 6.45) is 5.53. The zero-order valence-electron chi connectivity index (χ0n) is 11.9. The molecule has 1 aromatic rings. The highest BCUT2D eigenvalue weighted by Gasteiger charge is 2.31. The van der Waals surface area contributed by atoms with E-state index in [1.54, 1.807) is 18.3 Å². The first kappa shape index (κ1) is 14.6. The Morgan fingerprint density at radius 1 is 1.38 bits per heavy atom. The van der Waals surface area contributed by atoms with Crippen LogP contribution in [0.2, 0.25) is 5.02 Å². The number of halogens is 1. The Bertz CT molecular complexity index is 488. The molecule has 3 rings (SSSR count). The summed E-state index contributed by atoms with van der Waals surface area (Å²) in [4.78, 5) is 18.5. The van der Waals surface area contributed by atoms with Gasteiger partial charge in [0.25, 0.3) is 0 Å². The van der Waals surface area contributed by atoms with Gasteiger partial charge in [-0.15, -0.1) is 0 Å². The molecule has 114 valence electrons. The van der Waals surface area contributed by atoms with Crippen LogP contribution in [0.5, 0.6) is 5.88 Å². The van der Waals surface area contributed by atoms with E-state index in [2.05, 4.69) is 10.3 Å². The van der Waals surface area contributed by atoms with Crippen molar-refractivity contribution in [1.29, 1.82) is 0 Å². The van der Waals surface area contributed by atoms with Gasteiger partial charge < -0.3 is 15.0 Å². The van der Waals surface area contributed by atoms with Crippen LogP contribution in [0.15, 0.2) is 18.3 Å². The first-order valence-corrected chi connectivity index (χ1v) is 7.90. The van der Waals surface area contributed by atoms with Crippen molar-refractivity contribution in [2.75, 3.05) is 19.6 Å². The standard InChI is InChI=1S/C15H20ClN3O2/c16-11-5-6-14(18-9-11)21-12-3-2-8-19(10-12)15(20)13-4-1-7-17-13/h5-6,9,12-13,17H,1-4,7-8,10H2/t12-,13-/m1/s1. The molecule has 1 aromatic heterocycles. The smallest absolute Gasteiger partial charge is 0.239 e. The fourth-order valence-electron chi connectivity index (χ4n) is 2.95. The highest BCUT2D eigenvalue weighted by Crippen LogP contribution is 2.19. The predicted molar refractivity (Wildman–Crippen MR) is 80.5 cm³/mol. The number of piperidine rings is 1. The highest BCUT2D eigenvalue weighted by atomic mass is 35.5. The molecule has 2 saturated heterocycles. The van der Waals surface area contributed by atoms with Crippen molar-refractivity contribution < 1.29 is 9.53 Å². The molecule has 0 spiro atoms. The maximum atomic E-state index is 12.4. The number of rotatable bonds is 3. The molecule has 0 saturated carbocycles. The van der Waals surface area contributed by atoms with Gasteiger partial charge in [-0.2, -0.15) is 0 Å². The van der Waals surface area contributed by atoms with Gasteiger partial charge in [-0.1, -0.05) is 11.6 Å². The van der Waals surface area contributed by atoms with Gasteiger partial charge in [0.1, 0.15) is 6.10 Å². The molecule has 2 aliphatic heterocycles. The van der Waals surface area contributed by atoms with Crippen LogP contribution in [-0.4, -0.2) is 47.6 Å². The first-order valence-electron chi connectivity index (χ1n) is 7.53. The van der Waals surface area contributed by atoms with Gasteiger partial charge in [-0.25, -0.2) is 4.98 Å². The third-order valence-corrected chi connectivity index (χ3v) is 4.26. The number of carbonyl (C=O) groups is 1. The van der Waals surface area contributed by atoms with Gasteiger partial charge in [0.15, 0.2) is 0 Å². The van der Waals surface area contributed by atoms with Crippen molar-refractivity contribution in [1.82, 2.24) is 15.2 Å². The van der Waals surface area contributed by atoms with E-state index in [4.69, 9.17) is 16.3 Å². The van der Waals surface area contributed by atoms with E-state index in [-0.39, 0.29) is 18.1 Å².